The van der Waals surface area contributed by atoms with Crippen molar-refractivity contribution in [1.29, 1.82) is 0 Å². The van der Waals surface area contributed by atoms with E-state index >= 15 is 0 Å². The van der Waals surface area contributed by atoms with Crippen LogP contribution in [0.5, 0.6) is 0 Å². The first kappa shape index (κ1) is 16.4. The average Bonchev–Trinajstić information content (AvgIpc) is 2.43. The van der Waals surface area contributed by atoms with Gasteiger partial charge in [0.25, 0.3) is 5.69 Å². The first-order valence-corrected chi connectivity index (χ1v) is 6.46. The molecule has 0 unspecified atom stereocenters. The predicted molar refractivity (Wildman–Crippen MR) is 77.7 cm³/mol. The number of nitrogens with zero attached hydrogens (tertiary/aromatic N) is 1. The number of nitrogens with two attached hydrogens (primary N) is 1. The zero-order valence-corrected chi connectivity index (χ0v) is 11.8. The molecule has 0 radical (unpaired) electrons. The molecule has 0 saturated heterocycles. The van der Waals surface area contributed by atoms with Crippen molar-refractivity contribution in [3.05, 3.63) is 34.4 Å². The molecule has 1 aromatic rings. The van der Waals surface area contributed by atoms with Crippen molar-refractivity contribution in [1.82, 2.24) is 5.32 Å². The van der Waals surface area contributed by atoms with E-state index in [0.717, 1.165) is 0 Å². The van der Waals surface area contributed by atoms with Crippen LogP contribution < -0.4 is 16.4 Å². The van der Waals surface area contributed by atoms with Crippen LogP contribution >= 0.6 is 0 Å². The van der Waals surface area contributed by atoms with E-state index in [4.69, 9.17) is 5.73 Å². The fourth-order valence-electron chi connectivity index (χ4n) is 1.77. The number of hydrogen-bond donors (Lipinski definition) is 3. The Labute approximate surface area is 121 Å². The summed E-state index contributed by atoms with van der Waals surface area (Å²) in [6.45, 7) is 3.68. The Kier molecular flexibility index (Phi) is 5.65. The van der Waals surface area contributed by atoms with Crippen molar-refractivity contribution in [2.24, 2.45) is 11.7 Å². The molecule has 3 amide bonds. The molecule has 114 valence electrons. The highest BCUT2D eigenvalue weighted by Crippen LogP contribution is 2.18. The highest BCUT2D eigenvalue weighted by atomic mass is 16.6. The maximum Gasteiger partial charge on any atom is 0.312 e. The van der Waals surface area contributed by atoms with Gasteiger partial charge in [0.2, 0.25) is 5.91 Å². The number of primary amides is 1. The van der Waals surface area contributed by atoms with Crippen LogP contribution in [0.4, 0.5) is 16.2 Å². The Balaban J connectivity index is 2.88. The number of urea groups is 1. The van der Waals surface area contributed by atoms with Crippen LogP contribution in [0.1, 0.15) is 20.3 Å². The van der Waals surface area contributed by atoms with Crippen molar-refractivity contribution in [2.75, 3.05) is 5.32 Å². The number of nitro benzene ring substituents is 1. The third-order valence-electron chi connectivity index (χ3n) is 3.12. The van der Waals surface area contributed by atoms with Gasteiger partial charge < -0.3 is 16.4 Å². The monoisotopic (exact) mass is 294 g/mol. The summed E-state index contributed by atoms with van der Waals surface area (Å²) in [5.74, 6) is -0.597. The molecule has 0 heterocycles. The average molecular weight is 294 g/mol. The molecule has 8 heteroatoms. The molecular formula is C13H18N4O4. The fourth-order valence-corrected chi connectivity index (χ4v) is 1.77. The lowest BCUT2D eigenvalue weighted by molar-refractivity contribution is -0.384. The zero-order valence-electron chi connectivity index (χ0n) is 11.8. The predicted octanol–water partition coefficient (Wildman–Crippen LogP) is 1.62. The van der Waals surface area contributed by atoms with Crippen molar-refractivity contribution >= 4 is 23.3 Å². The second-order valence-electron chi connectivity index (χ2n) is 4.67. The van der Waals surface area contributed by atoms with Crippen molar-refractivity contribution < 1.29 is 14.5 Å². The van der Waals surface area contributed by atoms with Crippen LogP contribution in [0.15, 0.2) is 24.3 Å². The van der Waals surface area contributed by atoms with Crippen molar-refractivity contribution in [2.45, 2.75) is 26.3 Å². The summed E-state index contributed by atoms with van der Waals surface area (Å²) in [6, 6.07) is 3.97. The molecule has 0 aliphatic carbocycles. The number of nitrogens with one attached hydrogen (secondary N) is 2. The summed E-state index contributed by atoms with van der Waals surface area (Å²) in [5.41, 5.74) is 5.22. The summed E-state index contributed by atoms with van der Waals surface area (Å²) in [7, 11) is 0. The Morgan fingerprint density at radius 3 is 2.62 bits per heavy atom. The highest BCUT2D eigenvalue weighted by Gasteiger charge is 2.25. The topological polar surface area (TPSA) is 127 Å². The largest absolute Gasteiger partial charge is 0.352 e. The van der Waals surface area contributed by atoms with Gasteiger partial charge in [0.1, 0.15) is 6.04 Å². The lowest BCUT2D eigenvalue weighted by atomic mass is 9.98. The third kappa shape index (κ3) is 4.75. The van der Waals surface area contributed by atoms with E-state index in [2.05, 4.69) is 10.6 Å². The Bertz CT molecular complexity index is 547. The fraction of sp³-hybridized carbons (Fsp3) is 0.385. The molecule has 0 fully saturated rings. The summed E-state index contributed by atoms with van der Waals surface area (Å²) in [4.78, 5) is 33.3. The molecule has 0 spiro atoms. The van der Waals surface area contributed by atoms with Crippen LogP contribution in [0, 0.1) is 16.0 Å². The molecule has 21 heavy (non-hydrogen) atoms. The molecule has 4 N–H and O–H groups in total. The minimum Gasteiger partial charge on any atom is -0.352 e. The molecule has 8 nitrogen and oxygen atoms in total. The summed E-state index contributed by atoms with van der Waals surface area (Å²) >= 11 is 0. The number of nitro groups is 1. The van der Waals surface area contributed by atoms with Gasteiger partial charge >= 0.3 is 6.03 Å². The van der Waals surface area contributed by atoms with Crippen LogP contribution in [0.2, 0.25) is 0 Å². The zero-order chi connectivity index (χ0) is 16.0. The Hall–Kier alpha value is -2.64. The first-order valence-electron chi connectivity index (χ1n) is 6.46. The van der Waals surface area contributed by atoms with Crippen LogP contribution in [0.3, 0.4) is 0 Å². The first-order chi connectivity index (χ1) is 9.85. The molecule has 0 saturated carbocycles. The molecule has 1 aromatic carbocycles. The van der Waals surface area contributed by atoms with Crippen LogP contribution in [0.25, 0.3) is 0 Å². The van der Waals surface area contributed by atoms with Crippen LogP contribution in [-0.2, 0) is 4.79 Å². The van der Waals surface area contributed by atoms with Gasteiger partial charge in [-0.2, -0.15) is 0 Å². The van der Waals surface area contributed by atoms with Crippen molar-refractivity contribution in [3.63, 3.8) is 0 Å². The maximum atomic E-state index is 12.2. The molecule has 0 aliphatic rings. The Morgan fingerprint density at radius 1 is 1.43 bits per heavy atom. The van der Waals surface area contributed by atoms with Gasteiger partial charge in [0.05, 0.1) is 4.92 Å². The van der Waals surface area contributed by atoms with Gasteiger partial charge in [-0.3, -0.25) is 14.9 Å². The van der Waals surface area contributed by atoms with E-state index in [1.54, 1.807) is 6.92 Å². The second-order valence-corrected chi connectivity index (χ2v) is 4.67. The number of anilines is 1. The lowest BCUT2D eigenvalue weighted by Gasteiger charge is -2.22. The number of hydrogen-bond acceptors (Lipinski definition) is 4. The molecular weight excluding hydrogens is 276 g/mol. The van der Waals surface area contributed by atoms with E-state index < -0.39 is 22.9 Å². The van der Waals surface area contributed by atoms with Gasteiger partial charge in [-0.25, -0.2) is 4.79 Å². The van der Waals surface area contributed by atoms with Gasteiger partial charge in [-0.1, -0.05) is 26.3 Å². The van der Waals surface area contributed by atoms with Gasteiger partial charge in [-0.15, -0.1) is 0 Å². The number of benzene rings is 1. The summed E-state index contributed by atoms with van der Waals surface area (Å²) in [5, 5.41) is 15.6. The SMILES string of the molecule is CC[C@H](C)[C@H](NC(N)=O)C(=O)Nc1cccc([N+](=O)[O-])c1. The quantitative estimate of drug-likeness (QED) is 0.544. The third-order valence-corrected chi connectivity index (χ3v) is 3.12. The normalized spacial score (nSPS) is 13.0. The molecule has 2 atom stereocenters. The minimum atomic E-state index is -0.799. The lowest BCUT2D eigenvalue weighted by Crippen LogP contribution is -2.49. The number of carbonyl (C=O) groups is 2. The Morgan fingerprint density at radius 2 is 2.10 bits per heavy atom. The summed E-state index contributed by atoms with van der Waals surface area (Å²) < 4.78 is 0. The second kappa shape index (κ2) is 7.22. The minimum absolute atomic E-state index is 0.129. The van der Waals surface area contributed by atoms with Gasteiger partial charge in [-0.05, 0) is 12.0 Å². The van der Waals surface area contributed by atoms with E-state index in [1.165, 1.54) is 24.3 Å². The number of rotatable bonds is 6. The van der Waals surface area contributed by atoms with E-state index in [9.17, 15) is 19.7 Å². The number of carbonyl (C=O) groups excluding carboxylic acids is 2. The smallest absolute Gasteiger partial charge is 0.312 e. The van der Waals surface area contributed by atoms with E-state index in [1.807, 2.05) is 6.92 Å². The number of non-ortho nitro benzene ring substituents is 1. The highest BCUT2D eigenvalue weighted by molar-refractivity contribution is 5.97. The van der Waals surface area contributed by atoms with Crippen molar-refractivity contribution in [3.8, 4) is 0 Å². The molecule has 0 bridgehead atoms. The summed E-state index contributed by atoms with van der Waals surface area (Å²) in [6.07, 6.45) is 0.660. The molecule has 0 aliphatic heterocycles. The van der Waals surface area contributed by atoms with E-state index in [0.29, 0.717) is 6.42 Å². The maximum absolute atomic E-state index is 12.2. The standard InChI is InChI=1S/C13H18N4O4/c1-3-8(2)11(16-13(14)19)12(18)15-9-5-4-6-10(7-9)17(20)21/h4-8,11H,3H2,1-2H3,(H,15,18)(H3,14,16,19)/t8-,11-/m0/s1. The van der Waals surface area contributed by atoms with Crippen LogP contribution in [-0.4, -0.2) is 22.9 Å². The van der Waals surface area contributed by atoms with Gasteiger partial charge in [0, 0.05) is 17.8 Å². The van der Waals surface area contributed by atoms with E-state index in [-0.39, 0.29) is 17.3 Å². The van der Waals surface area contributed by atoms with Gasteiger partial charge in [0.15, 0.2) is 0 Å². The molecule has 1 rings (SSSR count). The molecule has 0 aromatic heterocycles. The number of amides is 3.